The van der Waals surface area contributed by atoms with Gasteiger partial charge in [0.2, 0.25) is 0 Å². The van der Waals surface area contributed by atoms with Gasteiger partial charge in [-0.3, -0.25) is 14.9 Å². The van der Waals surface area contributed by atoms with Crippen molar-refractivity contribution in [2.45, 2.75) is 26.9 Å². The molecule has 3 rings (SSSR count). The summed E-state index contributed by atoms with van der Waals surface area (Å²) in [4.78, 5) is 38.3. The number of hydrogen-bond acceptors (Lipinski definition) is 5. The van der Waals surface area contributed by atoms with Crippen molar-refractivity contribution in [1.29, 1.82) is 0 Å². The van der Waals surface area contributed by atoms with Crippen LogP contribution in [0.1, 0.15) is 26.3 Å². The fraction of sp³-hybridized carbons (Fsp3) is 0.227. The molecule has 29 heavy (non-hydrogen) atoms. The molecular weight excluding hydrogens is 372 g/mol. The molecule has 0 saturated carbocycles. The largest absolute Gasteiger partial charge is 0.494 e. The Labute approximate surface area is 168 Å². The lowest BCUT2D eigenvalue weighted by molar-refractivity contribution is -0.122. The fourth-order valence-corrected chi connectivity index (χ4v) is 2.83. The number of hydrogen-bond donors (Lipinski definition) is 1. The van der Waals surface area contributed by atoms with Gasteiger partial charge in [0.25, 0.3) is 11.8 Å². The highest BCUT2D eigenvalue weighted by Gasteiger charge is 2.36. The molecule has 0 atom stereocenters. The van der Waals surface area contributed by atoms with E-state index in [1.165, 1.54) is 6.08 Å². The van der Waals surface area contributed by atoms with Crippen LogP contribution in [0.5, 0.6) is 11.5 Å². The Morgan fingerprint density at radius 2 is 1.59 bits per heavy atom. The first kappa shape index (κ1) is 20.1. The van der Waals surface area contributed by atoms with E-state index in [0.717, 1.165) is 4.90 Å². The van der Waals surface area contributed by atoms with Gasteiger partial charge in [-0.15, -0.1) is 0 Å². The Kier molecular flexibility index (Phi) is 5.97. The minimum atomic E-state index is -0.790. The molecule has 1 saturated heterocycles. The average Bonchev–Trinajstić information content (AvgIpc) is 2.67. The van der Waals surface area contributed by atoms with Crippen molar-refractivity contribution >= 4 is 29.6 Å². The summed E-state index contributed by atoms with van der Waals surface area (Å²) in [6.45, 7) is 6.21. The predicted octanol–water partition coefficient (Wildman–Crippen LogP) is 3.54. The van der Waals surface area contributed by atoms with Crippen LogP contribution in [0.2, 0.25) is 0 Å². The van der Waals surface area contributed by atoms with E-state index >= 15 is 0 Å². The molecule has 0 aromatic heterocycles. The number of rotatable bonds is 6. The van der Waals surface area contributed by atoms with E-state index in [1.807, 2.05) is 20.8 Å². The number of ether oxygens (including phenoxy) is 2. The lowest BCUT2D eigenvalue weighted by Gasteiger charge is -2.26. The number of urea groups is 1. The first-order valence-electron chi connectivity index (χ1n) is 9.30. The number of carbonyl (C=O) groups excluding carboxylic acids is 3. The standard InChI is InChI=1S/C22H22N2O5/c1-4-28-17-11-7-16(8-12-17)24-21(26)19(20(25)23-22(24)27)13-15-5-9-18(10-6-15)29-14(2)3/h5-14H,4H2,1-3H3,(H,23,25,27)/b19-13+. The predicted molar refractivity (Wildman–Crippen MR) is 109 cm³/mol. The van der Waals surface area contributed by atoms with Crippen LogP contribution in [0.4, 0.5) is 10.5 Å². The Morgan fingerprint density at radius 3 is 2.17 bits per heavy atom. The highest BCUT2D eigenvalue weighted by atomic mass is 16.5. The summed E-state index contributed by atoms with van der Waals surface area (Å²) in [5.74, 6) is -0.112. The molecule has 0 spiro atoms. The maximum absolute atomic E-state index is 12.9. The van der Waals surface area contributed by atoms with E-state index in [0.29, 0.717) is 29.4 Å². The van der Waals surface area contributed by atoms with Gasteiger partial charge in [-0.05, 0) is 68.8 Å². The van der Waals surface area contributed by atoms with Crippen molar-refractivity contribution in [2.75, 3.05) is 11.5 Å². The van der Waals surface area contributed by atoms with Gasteiger partial charge in [0.15, 0.2) is 0 Å². The van der Waals surface area contributed by atoms with E-state index in [1.54, 1.807) is 48.5 Å². The summed E-state index contributed by atoms with van der Waals surface area (Å²) in [6, 6.07) is 12.7. The maximum atomic E-state index is 12.9. The number of barbiturate groups is 1. The van der Waals surface area contributed by atoms with Crippen LogP contribution in [0.15, 0.2) is 54.1 Å². The summed E-state index contributed by atoms with van der Waals surface area (Å²) >= 11 is 0. The second-order valence-corrected chi connectivity index (χ2v) is 6.62. The Bertz CT molecular complexity index is 946. The van der Waals surface area contributed by atoms with Crippen LogP contribution < -0.4 is 19.7 Å². The number of nitrogens with zero attached hydrogens (tertiary/aromatic N) is 1. The van der Waals surface area contributed by atoms with Gasteiger partial charge in [-0.1, -0.05) is 12.1 Å². The number of benzene rings is 2. The van der Waals surface area contributed by atoms with Gasteiger partial charge in [0.1, 0.15) is 17.1 Å². The number of carbonyl (C=O) groups is 3. The summed E-state index contributed by atoms with van der Waals surface area (Å²) in [5, 5.41) is 2.21. The van der Waals surface area contributed by atoms with E-state index in [-0.39, 0.29) is 11.7 Å². The average molecular weight is 394 g/mol. The zero-order valence-corrected chi connectivity index (χ0v) is 16.5. The zero-order valence-electron chi connectivity index (χ0n) is 16.5. The lowest BCUT2D eigenvalue weighted by Crippen LogP contribution is -2.54. The van der Waals surface area contributed by atoms with E-state index < -0.39 is 17.8 Å². The highest BCUT2D eigenvalue weighted by Crippen LogP contribution is 2.25. The van der Waals surface area contributed by atoms with Gasteiger partial charge < -0.3 is 9.47 Å². The minimum Gasteiger partial charge on any atom is -0.494 e. The van der Waals surface area contributed by atoms with Gasteiger partial charge in [-0.25, -0.2) is 9.69 Å². The van der Waals surface area contributed by atoms with Crippen LogP contribution >= 0.6 is 0 Å². The number of amides is 4. The van der Waals surface area contributed by atoms with Crippen LogP contribution in [0.3, 0.4) is 0 Å². The quantitative estimate of drug-likeness (QED) is 0.598. The van der Waals surface area contributed by atoms with E-state index in [2.05, 4.69) is 5.32 Å². The van der Waals surface area contributed by atoms with Gasteiger partial charge in [-0.2, -0.15) is 0 Å². The maximum Gasteiger partial charge on any atom is 0.335 e. The van der Waals surface area contributed by atoms with Crippen LogP contribution in [-0.4, -0.2) is 30.6 Å². The van der Waals surface area contributed by atoms with Gasteiger partial charge in [0, 0.05) is 0 Å². The van der Waals surface area contributed by atoms with Crippen LogP contribution in [0, 0.1) is 0 Å². The molecule has 7 heteroatoms. The van der Waals surface area contributed by atoms with Crippen molar-refractivity contribution in [3.05, 3.63) is 59.7 Å². The van der Waals surface area contributed by atoms with Gasteiger partial charge in [0.05, 0.1) is 18.4 Å². The number of anilines is 1. The van der Waals surface area contributed by atoms with Crippen LogP contribution in [-0.2, 0) is 9.59 Å². The number of nitrogens with one attached hydrogen (secondary N) is 1. The van der Waals surface area contributed by atoms with E-state index in [9.17, 15) is 14.4 Å². The van der Waals surface area contributed by atoms with Gasteiger partial charge >= 0.3 is 6.03 Å². The molecule has 0 aliphatic carbocycles. The minimum absolute atomic E-state index is 0.0404. The molecule has 0 unspecified atom stereocenters. The van der Waals surface area contributed by atoms with Crippen molar-refractivity contribution in [3.8, 4) is 11.5 Å². The third kappa shape index (κ3) is 4.63. The summed E-state index contributed by atoms with van der Waals surface area (Å²) in [7, 11) is 0. The van der Waals surface area contributed by atoms with Crippen molar-refractivity contribution < 1.29 is 23.9 Å². The molecule has 4 amide bonds. The molecular formula is C22H22N2O5. The SMILES string of the molecule is CCOc1ccc(N2C(=O)NC(=O)/C(=C\c3ccc(OC(C)C)cc3)C2=O)cc1. The summed E-state index contributed by atoms with van der Waals surface area (Å²) in [6.07, 6.45) is 1.49. The normalized spacial score (nSPS) is 15.7. The first-order valence-corrected chi connectivity index (χ1v) is 9.30. The third-order valence-electron chi connectivity index (χ3n) is 4.07. The first-order chi connectivity index (χ1) is 13.9. The molecule has 0 radical (unpaired) electrons. The molecule has 1 N–H and O–H groups in total. The van der Waals surface area contributed by atoms with Crippen molar-refractivity contribution in [2.24, 2.45) is 0 Å². The molecule has 150 valence electrons. The summed E-state index contributed by atoms with van der Waals surface area (Å²) < 4.78 is 11.0. The third-order valence-corrected chi connectivity index (χ3v) is 4.07. The van der Waals surface area contributed by atoms with Crippen molar-refractivity contribution in [1.82, 2.24) is 5.32 Å². The number of imide groups is 2. The van der Waals surface area contributed by atoms with E-state index in [4.69, 9.17) is 9.47 Å². The monoisotopic (exact) mass is 394 g/mol. The fourth-order valence-electron chi connectivity index (χ4n) is 2.83. The topological polar surface area (TPSA) is 84.9 Å². The second-order valence-electron chi connectivity index (χ2n) is 6.62. The highest BCUT2D eigenvalue weighted by molar-refractivity contribution is 6.39. The Morgan fingerprint density at radius 1 is 0.966 bits per heavy atom. The molecule has 0 bridgehead atoms. The van der Waals surface area contributed by atoms with Crippen LogP contribution in [0.25, 0.3) is 6.08 Å². The second kappa shape index (κ2) is 8.60. The lowest BCUT2D eigenvalue weighted by atomic mass is 10.1. The van der Waals surface area contributed by atoms with Crippen molar-refractivity contribution in [3.63, 3.8) is 0 Å². The smallest absolute Gasteiger partial charge is 0.335 e. The molecule has 2 aromatic rings. The molecule has 1 aliphatic heterocycles. The molecule has 1 aliphatic rings. The summed E-state index contributed by atoms with van der Waals surface area (Å²) in [5.41, 5.74) is 0.853. The Balaban J connectivity index is 1.87. The molecule has 7 nitrogen and oxygen atoms in total. The molecule has 1 heterocycles. The molecule has 1 fully saturated rings. The molecule has 2 aromatic carbocycles. The Hall–Kier alpha value is -3.61. The zero-order chi connectivity index (χ0) is 21.0.